The van der Waals surface area contributed by atoms with Crippen LogP contribution in [0.3, 0.4) is 0 Å². The molecule has 0 atom stereocenters. The third kappa shape index (κ3) is 7.05. The van der Waals surface area contributed by atoms with Crippen LogP contribution in [0.25, 0.3) is 0 Å². The van der Waals surface area contributed by atoms with Crippen molar-refractivity contribution in [2.75, 3.05) is 37.8 Å². The Bertz CT molecular complexity index is 890. The van der Waals surface area contributed by atoms with E-state index in [1.165, 1.54) is 6.26 Å². The number of hydrogen-bond acceptors (Lipinski definition) is 5. The van der Waals surface area contributed by atoms with Crippen LogP contribution in [0, 0.1) is 0 Å². The van der Waals surface area contributed by atoms with E-state index in [9.17, 15) is 8.42 Å². The first-order valence-corrected chi connectivity index (χ1v) is 11.7. The number of anilines is 1. The van der Waals surface area contributed by atoms with Crippen LogP contribution in [0.4, 0.5) is 5.82 Å². The van der Waals surface area contributed by atoms with Crippen LogP contribution in [-0.2, 0) is 22.8 Å². The number of rotatable bonds is 9. The minimum absolute atomic E-state index is 0.340. The summed E-state index contributed by atoms with van der Waals surface area (Å²) in [7, 11) is -1.42. The van der Waals surface area contributed by atoms with Crippen molar-refractivity contribution in [1.29, 1.82) is 0 Å². The van der Waals surface area contributed by atoms with Gasteiger partial charge in [-0.15, -0.1) is 0 Å². The summed E-state index contributed by atoms with van der Waals surface area (Å²) in [6.45, 7) is 7.45. The van der Waals surface area contributed by atoms with Crippen LogP contribution < -0.4 is 15.5 Å². The third-order valence-corrected chi connectivity index (χ3v) is 5.77. The summed E-state index contributed by atoms with van der Waals surface area (Å²) in [4.78, 5) is 11.3. The number of nitrogens with zero attached hydrogens (tertiary/aromatic N) is 3. The summed E-state index contributed by atoms with van der Waals surface area (Å²) in [6, 6.07) is 11.1. The molecule has 2 rings (SSSR count). The Kier molecular flexibility index (Phi) is 8.45. The van der Waals surface area contributed by atoms with Crippen LogP contribution in [0.15, 0.2) is 52.5 Å². The van der Waals surface area contributed by atoms with E-state index in [0.717, 1.165) is 36.5 Å². The zero-order valence-corrected chi connectivity index (χ0v) is 18.5. The maximum Gasteiger partial charge on any atom is 0.191 e. The Hall–Kier alpha value is -2.61. The molecule has 1 aromatic heterocycles. The van der Waals surface area contributed by atoms with Crippen LogP contribution >= 0.6 is 0 Å². The van der Waals surface area contributed by atoms with Crippen molar-refractivity contribution in [3.8, 4) is 0 Å². The minimum Gasteiger partial charge on any atom is -0.357 e. The summed E-state index contributed by atoms with van der Waals surface area (Å²) in [6.07, 6.45) is 3.87. The number of guanidine groups is 1. The first-order valence-electron chi connectivity index (χ1n) is 9.80. The van der Waals surface area contributed by atoms with Crippen molar-refractivity contribution in [3.05, 3.63) is 53.7 Å². The van der Waals surface area contributed by atoms with Gasteiger partial charge in [0.1, 0.15) is 5.82 Å². The average Bonchev–Trinajstić information content (AvgIpc) is 2.72. The fraction of sp³-hybridized carbons (Fsp3) is 0.429. The van der Waals surface area contributed by atoms with Gasteiger partial charge in [0.15, 0.2) is 15.8 Å². The quantitative estimate of drug-likeness (QED) is 0.481. The number of aromatic nitrogens is 1. The number of nitrogens with one attached hydrogen (secondary N) is 2. The first kappa shape index (κ1) is 22.7. The summed E-state index contributed by atoms with van der Waals surface area (Å²) in [5.41, 5.74) is 2.15. The third-order valence-electron chi connectivity index (χ3n) is 4.64. The molecule has 158 valence electrons. The van der Waals surface area contributed by atoms with Gasteiger partial charge >= 0.3 is 0 Å². The Morgan fingerprint density at radius 3 is 2.21 bits per heavy atom. The van der Waals surface area contributed by atoms with Gasteiger partial charge in [0.25, 0.3) is 0 Å². The van der Waals surface area contributed by atoms with E-state index in [-0.39, 0.29) is 0 Å². The van der Waals surface area contributed by atoms with E-state index < -0.39 is 9.84 Å². The Labute approximate surface area is 174 Å². The molecule has 8 heteroatoms. The second kappa shape index (κ2) is 10.8. The largest absolute Gasteiger partial charge is 0.357 e. The van der Waals surface area contributed by atoms with Gasteiger partial charge < -0.3 is 15.5 Å². The second-order valence-corrected chi connectivity index (χ2v) is 8.73. The van der Waals surface area contributed by atoms with E-state index in [4.69, 9.17) is 0 Å². The van der Waals surface area contributed by atoms with Gasteiger partial charge in [0, 0.05) is 45.7 Å². The van der Waals surface area contributed by atoms with Crippen molar-refractivity contribution < 1.29 is 8.42 Å². The van der Waals surface area contributed by atoms with Crippen molar-refractivity contribution in [2.24, 2.45) is 4.99 Å². The van der Waals surface area contributed by atoms with E-state index >= 15 is 0 Å². The summed E-state index contributed by atoms with van der Waals surface area (Å²) >= 11 is 0. The molecule has 1 aromatic carbocycles. The van der Waals surface area contributed by atoms with Gasteiger partial charge in [-0.1, -0.05) is 18.2 Å². The maximum absolute atomic E-state index is 11.5. The van der Waals surface area contributed by atoms with E-state index in [2.05, 4.69) is 45.4 Å². The molecule has 1 heterocycles. The number of aliphatic imine (C=N–C) groups is 1. The van der Waals surface area contributed by atoms with Crippen LogP contribution in [-0.4, -0.2) is 52.3 Å². The summed E-state index contributed by atoms with van der Waals surface area (Å²) in [5.74, 6) is 1.70. The first-order chi connectivity index (χ1) is 13.9. The Morgan fingerprint density at radius 2 is 1.69 bits per heavy atom. The van der Waals surface area contributed by atoms with E-state index in [0.29, 0.717) is 23.9 Å². The fourth-order valence-electron chi connectivity index (χ4n) is 2.89. The molecule has 29 heavy (non-hydrogen) atoms. The number of hydrogen-bond donors (Lipinski definition) is 2. The zero-order chi connectivity index (χ0) is 21.3. The van der Waals surface area contributed by atoms with Gasteiger partial charge in [-0.3, -0.25) is 4.99 Å². The van der Waals surface area contributed by atoms with Crippen LogP contribution in [0.5, 0.6) is 0 Å². The second-order valence-electron chi connectivity index (χ2n) is 6.72. The van der Waals surface area contributed by atoms with Crippen molar-refractivity contribution >= 4 is 21.6 Å². The summed E-state index contributed by atoms with van der Waals surface area (Å²) < 4.78 is 23.0. The van der Waals surface area contributed by atoms with Crippen molar-refractivity contribution in [1.82, 2.24) is 15.6 Å². The molecule has 0 aliphatic carbocycles. The van der Waals surface area contributed by atoms with E-state index in [1.54, 1.807) is 19.2 Å². The molecule has 0 saturated heterocycles. The predicted octanol–water partition coefficient (Wildman–Crippen LogP) is 2.24. The zero-order valence-electron chi connectivity index (χ0n) is 17.6. The molecule has 0 spiro atoms. The van der Waals surface area contributed by atoms with Crippen molar-refractivity contribution in [2.45, 2.75) is 31.7 Å². The Balaban J connectivity index is 1.81. The highest BCUT2D eigenvalue weighted by molar-refractivity contribution is 7.90. The molecule has 0 unspecified atom stereocenters. The molecule has 0 amide bonds. The highest BCUT2D eigenvalue weighted by Crippen LogP contribution is 2.11. The Morgan fingerprint density at radius 1 is 1.03 bits per heavy atom. The molecule has 2 N–H and O–H groups in total. The van der Waals surface area contributed by atoms with Gasteiger partial charge in [-0.25, -0.2) is 13.4 Å². The lowest BCUT2D eigenvalue weighted by atomic mass is 10.1. The number of benzene rings is 1. The van der Waals surface area contributed by atoms with Gasteiger partial charge in [-0.2, -0.15) is 0 Å². The molecular formula is C21H31N5O2S. The molecule has 0 aliphatic heterocycles. The van der Waals surface area contributed by atoms with Gasteiger partial charge in [0.2, 0.25) is 0 Å². The standard InChI is InChI=1S/C21H31N5O2S/c1-5-26(6-2)20-12-9-18(15-24-20)16-25-21(22-3)23-14-13-17-7-10-19(11-8-17)29(4,27)28/h7-12,15H,5-6,13-14,16H2,1-4H3,(H2,22,23,25). The van der Waals surface area contributed by atoms with Crippen molar-refractivity contribution in [3.63, 3.8) is 0 Å². The molecule has 7 nitrogen and oxygen atoms in total. The predicted molar refractivity (Wildman–Crippen MR) is 119 cm³/mol. The van der Waals surface area contributed by atoms with Crippen LogP contribution in [0.2, 0.25) is 0 Å². The number of pyridine rings is 1. The highest BCUT2D eigenvalue weighted by atomic mass is 32.2. The molecular weight excluding hydrogens is 386 g/mol. The van der Waals surface area contributed by atoms with Crippen LogP contribution in [0.1, 0.15) is 25.0 Å². The molecule has 2 aromatic rings. The molecule has 0 bridgehead atoms. The SMILES string of the molecule is CCN(CC)c1ccc(CNC(=NC)NCCc2ccc(S(C)(=O)=O)cc2)cn1. The van der Waals surface area contributed by atoms with Gasteiger partial charge in [0.05, 0.1) is 4.90 Å². The lowest BCUT2D eigenvalue weighted by molar-refractivity contribution is 0.602. The molecule has 0 fully saturated rings. The normalized spacial score (nSPS) is 11.9. The molecule has 0 radical (unpaired) electrons. The lowest BCUT2D eigenvalue weighted by Crippen LogP contribution is -2.37. The smallest absolute Gasteiger partial charge is 0.191 e. The minimum atomic E-state index is -3.15. The van der Waals surface area contributed by atoms with Gasteiger partial charge in [-0.05, 0) is 49.6 Å². The maximum atomic E-state index is 11.5. The fourth-order valence-corrected chi connectivity index (χ4v) is 3.52. The number of sulfone groups is 1. The topological polar surface area (TPSA) is 86.7 Å². The average molecular weight is 418 g/mol. The lowest BCUT2D eigenvalue weighted by Gasteiger charge is -2.19. The highest BCUT2D eigenvalue weighted by Gasteiger charge is 2.06. The summed E-state index contributed by atoms with van der Waals surface area (Å²) in [5, 5.41) is 6.56. The molecule has 0 aliphatic rings. The monoisotopic (exact) mass is 417 g/mol. The molecule has 0 saturated carbocycles. The van der Waals surface area contributed by atoms with E-state index in [1.807, 2.05) is 24.4 Å².